The summed E-state index contributed by atoms with van der Waals surface area (Å²) in [5, 5.41) is 6.71. The van der Waals surface area contributed by atoms with Crippen molar-refractivity contribution in [3.8, 4) is 11.5 Å². The van der Waals surface area contributed by atoms with Gasteiger partial charge >= 0.3 is 0 Å². The molecule has 1 saturated carbocycles. The fourth-order valence-electron chi connectivity index (χ4n) is 2.98. The first-order valence-corrected chi connectivity index (χ1v) is 9.32. The van der Waals surface area contributed by atoms with Crippen LogP contribution in [-0.2, 0) is 6.54 Å². The summed E-state index contributed by atoms with van der Waals surface area (Å²) in [6.45, 7) is 9.82. The van der Waals surface area contributed by atoms with Crippen LogP contribution < -0.4 is 20.1 Å². The Morgan fingerprint density at radius 2 is 1.96 bits per heavy atom. The molecule has 1 fully saturated rings. The third kappa shape index (κ3) is 6.15. The normalized spacial score (nSPS) is 16.0. The zero-order valence-corrected chi connectivity index (χ0v) is 16.3. The van der Waals surface area contributed by atoms with E-state index < -0.39 is 0 Å². The van der Waals surface area contributed by atoms with Gasteiger partial charge in [-0.25, -0.2) is 4.99 Å². The molecule has 5 nitrogen and oxygen atoms in total. The minimum absolute atomic E-state index is 0.0431. The van der Waals surface area contributed by atoms with Crippen molar-refractivity contribution in [3.05, 3.63) is 23.8 Å². The second-order valence-electron chi connectivity index (χ2n) is 7.54. The number of nitrogens with one attached hydrogen (secondary N) is 2. The molecule has 0 aromatic heterocycles. The van der Waals surface area contributed by atoms with Gasteiger partial charge in [0.25, 0.3) is 0 Å². The van der Waals surface area contributed by atoms with Crippen molar-refractivity contribution >= 4 is 5.96 Å². The van der Waals surface area contributed by atoms with E-state index in [0.29, 0.717) is 12.6 Å². The molecule has 25 heavy (non-hydrogen) atoms. The molecule has 1 aliphatic carbocycles. The molecule has 0 unspecified atom stereocenters. The number of para-hydroxylation sites is 1. The third-order valence-electron chi connectivity index (χ3n) is 4.11. The first kappa shape index (κ1) is 19.4. The molecule has 0 atom stereocenters. The summed E-state index contributed by atoms with van der Waals surface area (Å²) in [4.78, 5) is 4.74. The molecule has 0 radical (unpaired) electrons. The van der Waals surface area contributed by atoms with E-state index in [1.165, 1.54) is 12.8 Å². The van der Waals surface area contributed by atoms with Gasteiger partial charge in [-0.15, -0.1) is 0 Å². The summed E-state index contributed by atoms with van der Waals surface area (Å²) in [5.74, 6) is 2.44. The molecule has 2 N–H and O–H groups in total. The van der Waals surface area contributed by atoms with E-state index in [0.717, 1.165) is 42.4 Å². The Bertz CT molecular complexity index is 573. The van der Waals surface area contributed by atoms with Crippen LogP contribution in [0.25, 0.3) is 0 Å². The molecule has 1 aliphatic rings. The number of benzene rings is 1. The second-order valence-corrected chi connectivity index (χ2v) is 7.54. The Hall–Kier alpha value is -1.91. The van der Waals surface area contributed by atoms with Gasteiger partial charge in [0.05, 0.1) is 19.8 Å². The highest BCUT2D eigenvalue weighted by molar-refractivity contribution is 5.80. The lowest BCUT2D eigenvalue weighted by Gasteiger charge is -2.24. The van der Waals surface area contributed by atoms with Gasteiger partial charge in [-0.05, 0) is 59.4 Å². The van der Waals surface area contributed by atoms with Gasteiger partial charge in [-0.3, -0.25) is 0 Å². The Labute approximate surface area is 152 Å². The lowest BCUT2D eigenvalue weighted by Crippen LogP contribution is -2.47. The predicted molar refractivity (Wildman–Crippen MR) is 104 cm³/mol. The Kier molecular flexibility index (Phi) is 6.97. The molecular formula is C20H33N3O2. The van der Waals surface area contributed by atoms with Crippen LogP contribution in [0.5, 0.6) is 11.5 Å². The number of hydrogen-bond acceptors (Lipinski definition) is 3. The molecule has 1 aromatic rings. The molecule has 0 heterocycles. The van der Waals surface area contributed by atoms with Crippen molar-refractivity contribution in [3.63, 3.8) is 0 Å². The number of hydrogen-bond donors (Lipinski definition) is 2. The summed E-state index contributed by atoms with van der Waals surface area (Å²) < 4.78 is 11.8. The van der Waals surface area contributed by atoms with Crippen LogP contribution in [0.4, 0.5) is 0 Å². The monoisotopic (exact) mass is 347 g/mol. The summed E-state index contributed by atoms with van der Waals surface area (Å²) in [6, 6.07) is 6.02. The van der Waals surface area contributed by atoms with E-state index >= 15 is 0 Å². The molecule has 1 aromatic carbocycles. The van der Waals surface area contributed by atoms with Gasteiger partial charge in [0.1, 0.15) is 0 Å². The van der Waals surface area contributed by atoms with Crippen LogP contribution in [0.2, 0.25) is 0 Å². The van der Waals surface area contributed by atoms with E-state index in [9.17, 15) is 0 Å². The van der Waals surface area contributed by atoms with Crippen molar-refractivity contribution in [2.45, 2.75) is 71.6 Å². The molecule has 5 heteroatoms. The Morgan fingerprint density at radius 1 is 1.24 bits per heavy atom. The standard InChI is InChI=1S/C20H33N3O2/c1-6-21-19(23-20(2,3)4)22-14-15-10-9-13-17(24-5)18(15)25-16-11-7-8-12-16/h9-10,13,16H,6-8,11-12,14H2,1-5H3,(H2,21,22,23). The highest BCUT2D eigenvalue weighted by Crippen LogP contribution is 2.35. The second kappa shape index (κ2) is 8.97. The largest absolute Gasteiger partial charge is 0.493 e. The quantitative estimate of drug-likeness (QED) is 0.606. The van der Waals surface area contributed by atoms with Crippen LogP contribution >= 0.6 is 0 Å². The SMILES string of the molecule is CCNC(=NCc1cccc(OC)c1OC1CCCC1)NC(C)(C)C. The van der Waals surface area contributed by atoms with E-state index in [-0.39, 0.29) is 5.54 Å². The topological polar surface area (TPSA) is 54.9 Å². The molecule has 140 valence electrons. The summed E-state index contributed by atoms with van der Waals surface area (Å²) in [6.07, 6.45) is 5.02. The number of aliphatic imine (C=N–C) groups is 1. The molecule has 0 bridgehead atoms. The summed E-state index contributed by atoms with van der Waals surface area (Å²) >= 11 is 0. The van der Waals surface area contributed by atoms with Crippen LogP contribution in [-0.4, -0.2) is 31.3 Å². The summed E-state index contributed by atoms with van der Waals surface area (Å²) in [5.41, 5.74) is 1.01. The van der Waals surface area contributed by atoms with Crippen molar-refractivity contribution in [1.29, 1.82) is 0 Å². The third-order valence-corrected chi connectivity index (χ3v) is 4.11. The molecular weight excluding hydrogens is 314 g/mol. The smallest absolute Gasteiger partial charge is 0.191 e. The van der Waals surface area contributed by atoms with E-state index in [2.05, 4.69) is 44.4 Å². The Balaban J connectivity index is 2.19. The number of methoxy groups -OCH3 is 1. The first-order chi connectivity index (χ1) is 11.9. The highest BCUT2D eigenvalue weighted by Gasteiger charge is 2.20. The van der Waals surface area contributed by atoms with Gasteiger partial charge < -0.3 is 20.1 Å². The maximum atomic E-state index is 6.29. The van der Waals surface area contributed by atoms with Gasteiger partial charge in [0, 0.05) is 17.6 Å². The van der Waals surface area contributed by atoms with E-state index in [1.54, 1.807) is 7.11 Å². The van der Waals surface area contributed by atoms with Crippen molar-refractivity contribution in [1.82, 2.24) is 10.6 Å². The zero-order valence-electron chi connectivity index (χ0n) is 16.3. The van der Waals surface area contributed by atoms with E-state index in [4.69, 9.17) is 14.5 Å². The molecule has 2 rings (SSSR count). The number of ether oxygens (including phenoxy) is 2. The number of rotatable bonds is 6. The molecule has 0 spiro atoms. The van der Waals surface area contributed by atoms with Crippen LogP contribution in [0.15, 0.2) is 23.2 Å². The molecule has 0 amide bonds. The average Bonchev–Trinajstić information content (AvgIpc) is 3.05. The summed E-state index contributed by atoms with van der Waals surface area (Å²) in [7, 11) is 1.69. The number of guanidine groups is 1. The van der Waals surface area contributed by atoms with E-state index in [1.807, 2.05) is 12.1 Å². The van der Waals surface area contributed by atoms with Gasteiger partial charge in [-0.2, -0.15) is 0 Å². The average molecular weight is 348 g/mol. The maximum Gasteiger partial charge on any atom is 0.191 e. The molecule has 0 saturated heterocycles. The fourth-order valence-corrected chi connectivity index (χ4v) is 2.98. The Morgan fingerprint density at radius 3 is 2.56 bits per heavy atom. The van der Waals surface area contributed by atoms with Gasteiger partial charge in [-0.1, -0.05) is 12.1 Å². The zero-order chi connectivity index (χ0) is 18.3. The highest BCUT2D eigenvalue weighted by atomic mass is 16.5. The number of nitrogens with zero attached hydrogens (tertiary/aromatic N) is 1. The van der Waals surface area contributed by atoms with Crippen molar-refractivity contribution < 1.29 is 9.47 Å². The van der Waals surface area contributed by atoms with Gasteiger partial charge in [0.15, 0.2) is 17.5 Å². The molecule has 0 aliphatic heterocycles. The lowest BCUT2D eigenvalue weighted by atomic mass is 10.1. The maximum absolute atomic E-state index is 6.29. The van der Waals surface area contributed by atoms with Crippen molar-refractivity contribution in [2.24, 2.45) is 4.99 Å². The van der Waals surface area contributed by atoms with Crippen LogP contribution in [0, 0.1) is 0 Å². The first-order valence-electron chi connectivity index (χ1n) is 9.32. The predicted octanol–water partition coefficient (Wildman–Crippen LogP) is 3.87. The van der Waals surface area contributed by atoms with Crippen LogP contribution in [0.3, 0.4) is 0 Å². The van der Waals surface area contributed by atoms with Crippen LogP contribution in [0.1, 0.15) is 58.9 Å². The van der Waals surface area contributed by atoms with Crippen molar-refractivity contribution in [2.75, 3.05) is 13.7 Å². The van der Waals surface area contributed by atoms with Gasteiger partial charge in [0.2, 0.25) is 0 Å². The minimum atomic E-state index is -0.0431. The fraction of sp³-hybridized carbons (Fsp3) is 0.650. The minimum Gasteiger partial charge on any atom is -0.493 e. The lowest BCUT2D eigenvalue weighted by molar-refractivity contribution is 0.198.